The summed E-state index contributed by atoms with van der Waals surface area (Å²) in [5.41, 5.74) is -1.65. The van der Waals surface area contributed by atoms with Gasteiger partial charge in [-0.1, -0.05) is 60.7 Å². The van der Waals surface area contributed by atoms with Crippen molar-refractivity contribution >= 4 is 27.7 Å². The first-order chi connectivity index (χ1) is 15.2. The smallest absolute Gasteiger partial charge is 0.340 e. The quantitative estimate of drug-likeness (QED) is 0.338. The maximum atomic E-state index is 13.5. The fourth-order valence-corrected chi connectivity index (χ4v) is 5.64. The van der Waals surface area contributed by atoms with E-state index in [1.54, 1.807) is 74.5 Å². The number of carbonyl (C=O) groups is 3. The number of hydrogen-bond donors (Lipinski definition) is 0. The Labute approximate surface area is 187 Å². The van der Waals surface area contributed by atoms with E-state index in [9.17, 15) is 22.8 Å². The zero-order chi connectivity index (χ0) is 23.5. The number of ether oxygens (including phenoxy) is 2. The molecule has 0 aromatic heterocycles. The maximum Gasteiger partial charge on any atom is 0.340 e. The van der Waals surface area contributed by atoms with Crippen LogP contribution >= 0.6 is 0 Å². The van der Waals surface area contributed by atoms with E-state index < -0.39 is 45.2 Å². The first-order valence-electron chi connectivity index (χ1n) is 10.2. The third-order valence-electron chi connectivity index (χ3n) is 5.38. The first kappa shape index (κ1) is 23.6. The monoisotopic (exact) mass is 459 g/mol. The highest BCUT2D eigenvalue weighted by atomic mass is 32.2. The van der Waals surface area contributed by atoms with Gasteiger partial charge in [-0.05, 0) is 19.4 Å². The molecule has 3 rings (SSSR count). The zero-order valence-corrected chi connectivity index (χ0v) is 18.9. The molecule has 1 fully saturated rings. The van der Waals surface area contributed by atoms with Crippen molar-refractivity contribution in [3.63, 3.8) is 0 Å². The fraction of sp³-hybridized carbons (Fsp3) is 0.348. The molecule has 170 valence electrons. The van der Waals surface area contributed by atoms with E-state index in [0.29, 0.717) is 9.87 Å². The number of esters is 2. The molecule has 1 aliphatic rings. The Balaban J connectivity index is 2.30. The second-order valence-electron chi connectivity index (χ2n) is 7.33. The number of nitrogens with zero attached hydrogens (tertiary/aromatic N) is 1. The largest absolute Gasteiger partial charge is 0.464 e. The summed E-state index contributed by atoms with van der Waals surface area (Å²) >= 11 is 0. The third-order valence-corrected chi connectivity index (χ3v) is 6.61. The Hall–Kier alpha value is -3.04. The summed E-state index contributed by atoms with van der Waals surface area (Å²) in [5, 5.41) is 0. The van der Waals surface area contributed by atoms with Crippen molar-refractivity contribution in [1.29, 1.82) is 0 Å². The minimum atomic E-state index is -4.23. The lowest BCUT2D eigenvalue weighted by molar-refractivity contribution is -0.185. The second kappa shape index (κ2) is 9.22. The molecule has 2 atom stereocenters. The SMILES string of the molecule is CCOC(=O)C1(C(=O)OCC)[C@H](c2ccccc2)[C@@H](C(=O)c2ccccc2)N1S(C)(=O)=O. The van der Waals surface area contributed by atoms with Gasteiger partial charge in [0.05, 0.1) is 25.5 Å². The standard InChI is InChI=1S/C23H25NO7S/c1-4-30-21(26)23(22(27)31-5-2)18(16-12-8-6-9-13-16)19(24(23)32(3,28)29)20(25)17-14-10-7-11-15-17/h6-15,18-19H,4-5H2,1-3H3/t18-,19+/m1/s1. The van der Waals surface area contributed by atoms with Gasteiger partial charge in [-0.2, -0.15) is 4.31 Å². The average molecular weight is 460 g/mol. The molecule has 0 radical (unpaired) electrons. The lowest BCUT2D eigenvalue weighted by Crippen LogP contribution is -2.81. The number of hydrogen-bond acceptors (Lipinski definition) is 7. The fourth-order valence-electron chi connectivity index (χ4n) is 4.22. The third kappa shape index (κ3) is 3.82. The average Bonchev–Trinajstić information content (AvgIpc) is 2.74. The topological polar surface area (TPSA) is 107 Å². The zero-order valence-electron chi connectivity index (χ0n) is 18.1. The van der Waals surface area contributed by atoms with Crippen molar-refractivity contribution in [1.82, 2.24) is 4.31 Å². The maximum absolute atomic E-state index is 13.5. The molecule has 0 amide bonds. The molecule has 9 heteroatoms. The molecule has 0 saturated carbocycles. The van der Waals surface area contributed by atoms with Crippen LogP contribution in [0.1, 0.15) is 35.7 Å². The Morgan fingerprint density at radius 2 is 1.34 bits per heavy atom. The molecule has 1 saturated heterocycles. The summed E-state index contributed by atoms with van der Waals surface area (Å²) in [6.07, 6.45) is 0.854. The van der Waals surface area contributed by atoms with Crippen LogP contribution in [0.15, 0.2) is 60.7 Å². The molecular weight excluding hydrogens is 434 g/mol. The Bertz CT molecular complexity index is 1080. The van der Waals surface area contributed by atoms with Crippen molar-refractivity contribution in [3.8, 4) is 0 Å². The number of rotatable bonds is 8. The van der Waals surface area contributed by atoms with Gasteiger partial charge in [0.2, 0.25) is 15.6 Å². The van der Waals surface area contributed by atoms with Gasteiger partial charge in [0, 0.05) is 11.5 Å². The van der Waals surface area contributed by atoms with Crippen molar-refractivity contribution in [2.75, 3.05) is 19.5 Å². The van der Waals surface area contributed by atoms with Gasteiger partial charge in [-0.25, -0.2) is 18.0 Å². The number of sulfonamides is 1. The Morgan fingerprint density at radius 3 is 1.78 bits per heavy atom. The van der Waals surface area contributed by atoms with E-state index in [2.05, 4.69) is 0 Å². The van der Waals surface area contributed by atoms with Crippen LogP contribution in [0, 0.1) is 0 Å². The summed E-state index contributed by atoms with van der Waals surface area (Å²) in [5.74, 6) is -3.82. The number of benzene rings is 2. The van der Waals surface area contributed by atoms with E-state index in [4.69, 9.17) is 9.47 Å². The minimum Gasteiger partial charge on any atom is -0.464 e. The summed E-state index contributed by atoms with van der Waals surface area (Å²) in [4.78, 5) is 40.0. The summed E-state index contributed by atoms with van der Waals surface area (Å²) < 4.78 is 36.9. The number of ketones is 1. The summed E-state index contributed by atoms with van der Waals surface area (Å²) in [6, 6.07) is 15.2. The lowest BCUT2D eigenvalue weighted by atomic mass is 9.64. The molecule has 0 unspecified atom stereocenters. The van der Waals surface area contributed by atoms with E-state index >= 15 is 0 Å². The molecule has 1 heterocycles. The summed E-state index contributed by atoms with van der Waals surface area (Å²) in [7, 11) is -4.23. The van der Waals surface area contributed by atoms with Gasteiger partial charge in [0.1, 0.15) is 0 Å². The summed E-state index contributed by atoms with van der Waals surface area (Å²) in [6.45, 7) is 2.92. The molecule has 1 aliphatic heterocycles. The normalized spacial score (nSPS) is 20.1. The molecule has 32 heavy (non-hydrogen) atoms. The predicted molar refractivity (Wildman–Crippen MR) is 116 cm³/mol. The molecular formula is C23H25NO7S. The Kier molecular flexibility index (Phi) is 6.80. The van der Waals surface area contributed by atoms with Crippen LogP contribution in [-0.2, 0) is 29.1 Å². The lowest BCUT2D eigenvalue weighted by Gasteiger charge is -2.57. The van der Waals surface area contributed by atoms with Crippen LogP contribution in [0.25, 0.3) is 0 Å². The van der Waals surface area contributed by atoms with Gasteiger partial charge >= 0.3 is 11.9 Å². The van der Waals surface area contributed by atoms with Crippen LogP contribution < -0.4 is 0 Å². The van der Waals surface area contributed by atoms with Crippen molar-refractivity contribution < 1.29 is 32.3 Å². The molecule has 0 bridgehead atoms. The highest BCUT2D eigenvalue weighted by Crippen LogP contribution is 2.53. The van der Waals surface area contributed by atoms with Crippen LogP contribution in [0.2, 0.25) is 0 Å². The Morgan fingerprint density at radius 1 is 0.875 bits per heavy atom. The van der Waals surface area contributed by atoms with E-state index in [1.807, 2.05) is 0 Å². The highest BCUT2D eigenvalue weighted by molar-refractivity contribution is 7.88. The van der Waals surface area contributed by atoms with Gasteiger partial charge in [-0.15, -0.1) is 0 Å². The van der Waals surface area contributed by atoms with Gasteiger partial charge in [-0.3, -0.25) is 4.79 Å². The van der Waals surface area contributed by atoms with Crippen LogP contribution in [0.5, 0.6) is 0 Å². The molecule has 2 aromatic carbocycles. The van der Waals surface area contributed by atoms with E-state index in [-0.39, 0.29) is 18.8 Å². The second-order valence-corrected chi connectivity index (χ2v) is 9.19. The molecule has 0 N–H and O–H groups in total. The predicted octanol–water partition coefficient (Wildman–Crippen LogP) is 2.16. The van der Waals surface area contributed by atoms with E-state index in [1.165, 1.54) is 0 Å². The van der Waals surface area contributed by atoms with Gasteiger partial charge < -0.3 is 9.47 Å². The van der Waals surface area contributed by atoms with Crippen LogP contribution in [-0.4, -0.2) is 61.5 Å². The minimum absolute atomic E-state index is 0.0869. The van der Waals surface area contributed by atoms with Gasteiger partial charge in [0.25, 0.3) is 0 Å². The van der Waals surface area contributed by atoms with E-state index in [0.717, 1.165) is 6.26 Å². The highest BCUT2D eigenvalue weighted by Gasteiger charge is 2.76. The van der Waals surface area contributed by atoms with Crippen molar-refractivity contribution in [3.05, 3.63) is 71.8 Å². The number of Topliss-reactive ketones (excluding diaryl/α,β-unsaturated/α-hetero) is 1. The number of carbonyl (C=O) groups excluding carboxylic acids is 3. The van der Waals surface area contributed by atoms with Crippen molar-refractivity contribution in [2.24, 2.45) is 0 Å². The van der Waals surface area contributed by atoms with Crippen LogP contribution in [0.3, 0.4) is 0 Å². The molecule has 0 aliphatic carbocycles. The molecule has 0 spiro atoms. The van der Waals surface area contributed by atoms with Crippen molar-refractivity contribution in [2.45, 2.75) is 31.3 Å². The molecule has 8 nitrogen and oxygen atoms in total. The first-order valence-corrected chi connectivity index (χ1v) is 12.0. The van der Waals surface area contributed by atoms with Gasteiger partial charge in [0.15, 0.2) is 5.78 Å². The molecule has 2 aromatic rings. The van der Waals surface area contributed by atoms with Crippen LogP contribution in [0.4, 0.5) is 0 Å².